The number of nitrogens with one attached hydrogen (secondary N) is 1. The van der Waals surface area contributed by atoms with Crippen LogP contribution in [-0.2, 0) is 9.59 Å². The molecule has 0 bridgehead atoms. The highest BCUT2D eigenvalue weighted by Gasteiger charge is 2.43. The summed E-state index contributed by atoms with van der Waals surface area (Å²) in [4.78, 5) is 39.1. The quantitative estimate of drug-likeness (QED) is 0.760. The number of urea groups is 1. The summed E-state index contributed by atoms with van der Waals surface area (Å²) in [5.74, 6) is 1.05. The first-order valence-electron chi connectivity index (χ1n) is 9.04. The van der Waals surface area contributed by atoms with Crippen LogP contribution in [0.5, 0.6) is 11.5 Å². The average Bonchev–Trinajstić information content (AvgIpc) is 2.82. The number of fused-ring (bicyclic) bond motifs is 1. The minimum atomic E-state index is -0.882. The fourth-order valence-electron chi connectivity index (χ4n) is 3.16. The number of nitrogens with zero attached hydrogens (tertiary/aromatic N) is 2. The molecular weight excluding hydrogens is 350 g/mol. The summed E-state index contributed by atoms with van der Waals surface area (Å²) >= 11 is 0. The maximum Gasteiger partial charge on any atom is 0.325 e. The predicted molar refractivity (Wildman–Crippen MR) is 97.5 cm³/mol. The predicted octanol–water partition coefficient (Wildman–Crippen LogP) is 1.40. The van der Waals surface area contributed by atoms with Gasteiger partial charge in [0.1, 0.15) is 12.1 Å². The van der Waals surface area contributed by atoms with E-state index in [2.05, 4.69) is 5.32 Å². The maximum atomic E-state index is 12.4. The standard InChI is InChI=1S/C19H25N3O5/c1-19(2)17(24)22(18(25)20-19)10-6-9-16(23)21(3)11-13-12-26-14-7-4-5-8-15(14)27-13/h4-5,7-8,13H,6,9-12H2,1-3H3,(H,20,25)/t13-/m0/s1. The average molecular weight is 375 g/mol. The molecule has 0 saturated carbocycles. The van der Waals surface area contributed by atoms with Crippen LogP contribution in [0.1, 0.15) is 26.7 Å². The zero-order valence-electron chi connectivity index (χ0n) is 15.9. The van der Waals surface area contributed by atoms with Crippen LogP contribution in [0.25, 0.3) is 0 Å². The first kappa shape index (κ1) is 19.0. The summed E-state index contributed by atoms with van der Waals surface area (Å²) in [6, 6.07) is 7.03. The van der Waals surface area contributed by atoms with Crippen molar-refractivity contribution in [3.8, 4) is 11.5 Å². The Morgan fingerprint density at radius 3 is 2.67 bits per heavy atom. The fraction of sp³-hybridized carbons (Fsp3) is 0.526. The van der Waals surface area contributed by atoms with Crippen molar-refractivity contribution in [2.75, 3.05) is 26.7 Å². The molecule has 27 heavy (non-hydrogen) atoms. The molecule has 1 N–H and O–H groups in total. The maximum absolute atomic E-state index is 12.4. The van der Waals surface area contributed by atoms with E-state index in [0.717, 1.165) is 0 Å². The summed E-state index contributed by atoms with van der Waals surface area (Å²) in [6.07, 6.45) is 0.433. The van der Waals surface area contributed by atoms with Gasteiger partial charge in [-0.25, -0.2) is 4.79 Å². The largest absolute Gasteiger partial charge is 0.486 e. The Kier molecular flexibility index (Phi) is 5.25. The van der Waals surface area contributed by atoms with Crippen molar-refractivity contribution < 1.29 is 23.9 Å². The molecule has 1 saturated heterocycles. The second kappa shape index (κ2) is 7.46. The molecule has 1 fully saturated rings. The van der Waals surface area contributed by atoms with Gasteiger partial charge in [0.05, 0.1) is 6.54 Å². The second-order valence-electron chi connectivity index (χ2n) is 7.39. The van der Waals surface area contributed by atoms with E-state index in [1.807, 2.05) is 24.3 Å². The van der Waals surface area contributed by atoms with Crippen LogP contribution in [-0.4, -0.2) is 66.0 Å². The molecule has 0 spiro atoms. The lowest BCUT2D eigenvalue weighted by atomic mass is 10.1. The van der Waals surface area contributed by atoms with Crippen molar-refractivity contribution in [3.05, 3.63) is 24.3 Å². The Bertz CT molecular complexity index is 749. The third-order valence-electron chi connectivity index (χ3n) is 4.69. The number of rotatable bonds is 6. The fourth-order valence-corrected chi connectivity index (χ4v) is 3.16. The van der Waals surface area contributed by atoms with Crippen LogP contribution < -0.4 is 14.8 Å². The molecule has 0 unspecified atom stereocenters. The van der Waals surface area contributed by atoms with Crippen molar-refractivity contribution in [2.24, 2.45) is 0 Å². The molecule has 1 aromatic carbocycles. The Hall–Kier alpha value is -2.77. The third-order valence-corrected chi connectivity index (χ3v) is 4.69. The molecule has 1 atom stereocenters. The normalized spacial score (nSPS) is 20.4. The van der Waals surface area contributed by atoms with Crippen molar-refractivity contribution >= 4 is 17.8 Å². The minimum Gasteiger partial charge on any atom is -0.486 e. The first-order valence-corrected chi connectivity index (χ1v) is 9.04. The molecule has 0 aromatic heterocycles. The number of para-hydroxylation sites is 2. The van der Waals surface area contributed by atoms with Crippen LogP contribution in [0.15, 0.2) is 24.3 Å². The van der Waals surface area contributed by atoms with Crippen LogP contribution in [0.3, 0.4) is 0 Å². The number of imide groups is 1. The number of likely N-dealkylation sites (N-methyl/N-ethyl adjacent to an activating group) is 1. The highest BCUT2D eigenvalue weighted by Crippen LogP contribution is 2.31. The van der Waals surface area contributed by atoms with Crippen molar-refractivity contribution in [1.82, 2.24) is 15.1 Å². The van der Waals surface area contributed by atoms with E-state index in [4.69, 9.17) is 9.47 Å². The van der Waals surface area contributed by atoms with Gasteiger partial charge in [0.2, 0.25) is 5.91 Å². The number of hydrogen-bond donors (Lipinski definition) is 1. The van der Waals surface area contributed by atoms with Crippen LogP contribution in [0.2, 0.25) is 0 Å². The number of benzene rings is 1. The third kappa shape index (κ3) is 4.15. The Labute approximate surface area is 158 Å². The summed E-state index contributed by atoms with van der Waals surface area (Å²) < 4.78 is 11.5. The van der Waals surface area contributed by atoms with Gasteiger partial charge in [-0.15, -0.1) is 0 Å². The molecule has 2 heterocycles. The number of ether oxygens (including phenoxy) is 2. The van der Waals surface area contributed by atoms with E-state index < -0.39 is 11.6 Å². The van der Waals surface area contributed by atoms with Gasteiger partial charge in [-0.2, -0.15) is 0 Å². The zero-order valence-corrected chi connectivity index (χ0v) is 15.9. The van der Waals surface area contributed by atoms with E-state index >= 15 is 0 Å². The van der Waals surface area contributed by atoms with E-state index in [-0.39, 0.29) is 30.9 Å². The zero-order chi connectivity index (χ0) is 19.6. The lowest BCUT2D eigenvalue weighted by Gasteiger charge is -2.29. The van der Waals surface area contributed by atoms with Crippen molar-refractivity contribution in [2.45, 2.75) is 38.3 Å². The molecule has 8 heteroatoms. The lowest BCUT2D eigenvalue weighted by molar-refractivity contribution is -0.133. The van der Waals surface area contributed by atoms with E-state index in [1.54, 1.807) is 25.8 Å². The van der Waals surface area contributed by atoms with Gasteiger partial charge in [0, 0.05) is 20.0 Å². The summed E-state index contributed by atoms with van der Waals surface area (Å²) in [7, 11) is 1.71. The molecule has 8 nitrogen and oxygen atoms in total. The smallest absolute Gasteiger partial charge is 0.325 e. The van der Waals surface area contributed by atoms with Crippen LogP contribution >= 0.6 is 0 Å². The highest BCUT2D eigenvalue weighted by molar-refractivity contribution is 6.06. The van der Waals surface area contributed by atoms with E-state index in [0.29, 0.717) is 31.1 Å². The van der Waals surface area contributed by atoms with Gasteiger partial charge in [0.15, 0.2) is 17.6 Å². The van der Waals surface area contributed by atoms with E-state index in [9.17, 15) is 14.4 Å². The molecule has 3 rings (SSSR count). The van der Waals surface area contributed by atoms with Crippen molar-refractivity contribution in [1.29, 1.82) is 0 Å². The first-order chi connectivity index (χ1) is 12.8. The molecule has 2 aliphatic heterocycles. The van der Waals surface area contributed by atoms with Gasteiger partial charge in [-0.1, -0.05) is 12.1 Å². The summed E-state index contributed by atoms with van der Waals surface area (Å²) in [6.45, 7) is 4.34. The number of hydrogen-bond acceptors (Lipinski definition) is 5. The molecule has 0 radical (unpaired) electrons. The second-order valence-corrected chi connectivity index (χ2v) is 7.39. The molecule has 2 aliphatic rings. The topological polar surface area (TPSA) is 88.2 Å². The van der Waals surface area contributed by atoms with Gasteiger partial charge in [-0.3, -0.25) is 14.5 Å². The highest BCUT2D eigenvalue weighted by atomic mass is 16.6. The number of amides is 4. The molecule has 146 valence electrons. The molecular formula is C19H25N3O5. The SMILES string of the molecule is CN(C[C@H]1COc2ccccc2O1)C(=O)CCCN1C(=O)NC(C)(C)C1=O. The van der Waals surface area contributed by atoms with Crippen LogP contribution in [0, 0.1) is 0 Å². The van der Waals surface area contributed by atoms with Gasteiger partial charge < -0.3 is 19.7 Å². The summed E-state index contributed by atoms with van der Waals surface area (Å²) in [5.41, 5.74) is -0.882. The Balaban J connectivity index is 1.44. The number of carbonyl (C=O) groups is 3. The summed E-state index contributed by atoms with van der Waals surface area (Å²) in [5, 5.41) is 2.63. The van der Waals surface area contributed by atoms with E-state index in [1.165, 1.54) is 4.90 Å². The Morgan fingerprint density at radius 2 is 2.00 bits per heavy atom. The minimum absolute atomic E-state index is 0.0660. The number of carbonyl (C=O) groups excluding carboxylic acids is 3. The van der Waals surface area contributed by atoms with Crippen molar-refractivity contribution in [3.63, 3.8) is 0 Å². The molecule has 1 aromatic rings. The monoisotopic (exact) mass is 375 g/mol. The van der Waals surface area contributed by atoms with Gasteiger partial charge >= 0.3 is 6.03 Å². The van der Waals surface area contributed by atoms with Crippen LogP contribution in [0.4, 0.5) is 4.79 Å². The molecule has 0 aliphatic carbocycles. The Morgan fingerprint density at radius 1 is 1.30 bits per heavy atom. The lowest BCUT2D eigenvalue weighted by Crippen LogP contribution is -2.42. The van der Waals surface area contributed by atoms with Gasteiger partial charge in [0.25, 0.3) is 5.91 Å². The van der Waals surface area contributed by atoms with Gasteiger partial charge in [-0.05, 0) is 32.4 Å². The molecule has 4 amide bonds.